The van der Waals surface area contributed by atoms with E-state index in [2.05, 4.69) is 13.8 Å². The number of unbranched alkanes of at least 4 members (excludes halogenated alkanes) is 1. The Kier molecular flexibility index (Phi) is 10.0. The minimum Gasteiger partial charge on any atom is -0.481 e. The molecule has 1 aliphatic carbocycles. The monoisotopic (exact) mass is 340 g/mol. The third-order valence-electron chi connectivity index (χ3n) is 5.88. The van der Waals surface area contributed by atoms with Crippen LogP contribution in [-0.4, -0.2) is 22.2 Å². The predicted molar refractivity (Wildman–Crippen MR) is 96.0 cm³/mol. The first kappa shape index (κ1) is 21.0. The fraction of sp³-hybridized carbons (Fsp3) is 0.900. The lowest BCUT2D eigenvalue weighted by Crippen LogP contribution is -2.35. The van der Waals surface area contributed by atoms with Crippen molar-refractivity contribution in [2.75, 3.05) is 0 Å². The highest BCUT2D eigenvalue weighted by Crippen LogP contribution is 2.47. The van der Waals surface area contributed by atoms with Crippen LogP contribution >= 0.6 is 0 Å². The fourth-order valence-electron chi connectivity index (χ4n) is 4.78. The summed E-state index contributed by atoms with van der Waals surface area (Å²) in [6.07, 6.45) is 11.4. The molecule has 0 bridgehead atoms. The molecule has 0 radical (unpaired) electrons. The SMILES string of the molecule is CCCCC1CCC(CCCC(=O)O)C(CCC(=O)O)C1CCC. The van der Waals surface area contributed by atoms with E-state index >= 15 is 0 Å². The van der Waals surface area contributed by atoms with Gasteiger partial charge in [-0.2, -0.15) is 0 Å². The molecule has 0 amide bonds. The number of carbonyl (C=O) groups is 2. The molecule has 4 heteroatoms. The molecule has 140 valence electrons. The van der Waals surface area contributed by atoms with Crippen molar-refractivity contribution in [1.29, 1.82) is 0 Å². The molecule has 0 aromatic rings. The maximum absolute atomic E-state index is 11.1. The molecule has 0 aliphatic heterocycles. The summed E-state index contributed by atoms with van der Waals surface area (Å²) < 4.78 is 0. The highest BCUT2D eigenvalue weighted by molar-refractivity contribution is 5.66. The van der Waals surface area contributed by atoms with Gasteiger partial charge < -0.3 is 10.2 Å². The van der Waals surface area contributed by atoms with E-state index in [1.165, 1.54) is 32.1 Å². The van der Waals surface area contributed by atoms with Gasteiger partial charge in [-0.15, -0.1) is 0 Å². The molecular formula is C20H36O4. The second-order valence-corrected chi connectivity index (χ2v) is 7.57. The van der Waals surface area contributed by atoms with Crippen molar-refractivity contribution in [1.82, 2.24) is 0 Å². The number of aliphatic carboxylic acids is 2. The van der Waals surface area contributed by atoms with Crippen LogP contribution in [0.4, 0.5) is 0 Å². The smallest absolute Gasteiger partial charge is 0.303 e. The molecule has 0 heterocycles. The van der Waals surface area contributed by atoms with E-state index in [-0.39, 0.29) is 12.8 Å². The van der Waals surface area contributed by atoms with Crippen LogP contribution in [-0.2, 0) is 9.59 Å². The topological polar surface area (TPSA) is 74.6 Å². The maximum atomic E-state index is 11.1. The molecule has 4 nitrogen and oxygen atoms in total. The number of hydrogen-bond donors (Lipinski definition) is 2. The van der Waals surface area contributed by atoms with Gasteiger partial charge in [0.25, 0.3) is 0 Å². The maximum Gasteiger partial charge on any atom is 0.303 e. The number of carboxylic acids is 2. The zero-order chi connectivity index (χ0) is 17.9. The van der Waals surface area contributed by atoms with E-state index in [9.17, 15) is 9.59 Å². The van der Waals surface area contributed by atoms with Crippen molar-refractivity contribution in [2.24, 2.45) is 23.7 Å². The average molecular weight is 341 g/mol. The second-order valence-electron chi connectivity index (χ2n) is 7.57. The fourth-order valence-corrected chi connectivity index (χ4v) is 4.78. The van der Waals surface area contributed by atoms with Gasteiger partial charge in [-0.05, 0) is 55.8 Å². The van der Waals surface area contributed by atoms with Crippen LogP contribution < -0.4 is 0 Å². The standard InChI is InChI=1S/C20H36O4/c1-3-5-8-15-11-12-16(9-6-10-19(21)22)18(13-14-20(23)24)17(15)7-4-2/h15-18H,3-14H2,1-2H3,(H,21,22)(H,23,24). The first-order valence-corrected chi connectivity index (χ1v) is 9.93. The molecule has 4 unspecified atom stereocenters. The van der Waals surface area contributed by atoms with Crippen molar-refractivity contribution in [3.63, 3.8) is 0 Å². The van der Waals surface area contributed by atoms with E-state index in [0.717, 1.165) is 38.0 Å². The zero-order valence-corrected chi connectivity index (χ0v) is 15.5. The molecule has 1 aliphatic rings. The predicted octanol–water partition coefficient (Wildman–Crippen LogP) is 5.36. The van der Waals surface area contributed by atoms with Crippen molar-refractivity contribution >= 4 is 11.9 Å². The molecule has 1 fully saturated rings. The molecule has 0 aromatic heterocycles. The minimum atomic E-state index is -0.723. The molecule has 4 atom stereocenters. The third-order valence-corrected chi connectivity index (χ3v) is 5.88. The van der Waals surface area contributed by atoms with Crippen LogP contribution in [0.15, 0.2) is 0 Å². The molecule has 0 saturated heterocycles. The minimum absolute atomic E-state index is 0.236. The summed E-state index contributed by atoms with van der Waals surface area (Å²) in [6.45, 7) is 4.45. The van der Waals surface area contributed by atoms with Gasteiger partial charge in [-0.3, -0.25) is 9.59 Å². The van der Waals surface area contributed by atoms with Crippen molar-refractivity contribution < 1.29 is 19.8 Å². The Morgan fingerprint density at radius 2 is 1.29 bits per heavy atom. The average Bonchev–Trinajstić information content (AvgIpc) is 2.52. The highest BCUT2D eigenvalue weighted by atomic mass is 16.4. The molecule has 24 heavy (non-hydrogen) atoms. The van der Waals surface area contributed by atoms with Gasteiger partial charge in [0.05, 0.1) is 0 Å². The van der Waals surface area contributed by atoms with Gasteiger partial charge in [0.2, 0.25) is 0 Å². The lowest BCUT2D eigenvalue weighted by atomic mass is 9.61. The molecule has 1 rings (SSSR count). The Balaban J connectivity index is 2.77. The summed E-state index contributed by atoms with van der Waals surface area (Å²) in [5, 5.41) is 18.0. The number of hydrogen-bond acceptors (Lipinski definition) is 2. The van der Waals surface area contributed by atoms with Crippen LogP contribution in [0.5, 0.6) is 0 Å². The van der Waals surface area contributed by atoms with Gasteiger partial charge in [0, 0.05) is 12.8 Å². The van der Waals surface area contributed by atoms with Crippen molar-refractivity contribution in [3.05, 3.63) is 0 Å². The van der Waals surface area contributed by atoms with E-state index in [1.54, 1.807) is 0 Å². The zero-order valence-electron chi connectivity index (χ0n) is 15.5. The van der Waals surface area contributed by atoms with Crippen LogP contribution in [0, 0.1) is 23.7 Å². The first-order chi connectivity index (χ1) is 11.5. The van der Waals surface area contributed by atoms with E-state index < -0.39 is 11.9 Å². The largest absolute Gasteiger partial charge is 0.481 e. The van der Waals surface area contributed by atoms with Gasteiger partial charge in [-0.1, -0.05) is 46.0 Å². The summed E-state index contributed by atoms with van der Waals surface area (Å²) in [7, 11) is 0. The molecule has 2 N–H and O–H groups in total. The second kappa shape index (κ2) is 11.5. The summed E-state index contributed by atoms with van der Waals surface area (Å²) >= 11 is 0. The molecule has 0 aromatic carbocycles. The Bertz CT molecular complexity index is 380. The Hall–Kier alpha value is -1.06. The third kappa shape index (κ3) is 7.23. The van der Waals surface area contributed by atoms with E-state index in [4.69, 9.17) is 10.2 Å². The van der Waals surface area contributed by atoms with Crippen molar-refractivity contribution in [3.8, 4) is 0 Å². The Labute approximate surface area is 147 Å². The summed E-state index contributed by atoms with van der Waals surface area (Å²) in [6, 6.07) is 0. The Morgan fingerprint density at radius 1 is 0.750 bits per heavy atom. The van der Waals surface area contributed by atoms with E-state index in [0.29, 0.717) is 17.8 Å². The van der Waals surface area contributed by atoms with Crippen molar-refractivity contribution in [2.45, 2.75) is 90.9 Å². The van der Waals surface area contributed by atoms with Crippen LogP contribution in [0.25, 0.3) is 0 Å². The lowest BCUT2D eigenvalue weighted by molar-refractivity contribution is -0.138. The Morgan fingerprint density at radius 3 is 1.79 bits per heavy atom. The lowest BCUT2D eigenvalue weighted by Gasteiger charge is -2.44. The van der Waals surface area contributed by atoms with Gasteiger partial charge >= 0.3 is 11.9 Å². The van der Waals surface area contributed by atoms with Crippen LogP contribution in [0.2, 0.25) is 0 Å². The normalized spacial score (nSPS) is 27.1. The number of rotatable bonds is 12. The first-order valence-electron chi connectivity index (χ1n) is 9.93. The van der Waals surface area contributed by atoms with Gasteiger partial charge in [-0.25, -0.2) is 0 Å². The van der Waals surface area contributed by atoms with E-state index in [1.807, 2.05) is 0 Å². The van der Waals surface area contributed by atoms with Crippen LogP contribution in [0.3, 0.4) is 0 Å². The summed E-state index contributed by atoms with van der Waals surface area (Å²) in [5.74, 6) is 0.913. The van der Waals surface area contributed by atoms with Gasteiger partial charge in [0.15, 0.2) is 0 Å². The molecule has 0 spiro atoms. The highest BCUT2D eigenvalue weighted by Gasteiger charge is 2.38. The quantitative estimate of drug-likeness (QED) is 0.502. The van der Waals surface area contributed by atoms with Crippen LogP contribution in [0.1, 0.15) is 90.9 Å². The summed E-state index contributed by atoms with van der Waals surface area (Å²) in [5.41, 5.74) is 0. The van der Waals surface area contributed by atoms with Gasteiger partial charge in [0.1, 0.15) is 0 Å². The summed E-state index contributed by atoms with van der Waals surface area (Å²) in [4.78, 5) is 21.9. The number of carboxylic acid groups (broad SMARTS) is 2. The molecular weight excluding hydrogens is 304 g/mol. The molecule has 1 saturated carbocycles.